The molecular formula is C17H23BClNO4. The van der Waals surface area contributed by atoms with Crippen LogP contribution in [0.2, 0.25) is 5.02 Å². The number of hydrogen-bond donors (Lipinski definition) is 1. The van der Waals surface area contributed by atoms with Crippen molar-refractivity contribution in [1.82, 2.24) is 5.32 Å². The monoisotopic (exact) mass is 351 g/mol. The average Bonchev–Trinajstić information content (AvgIpc) is 3.05. The number of ether oxygens (including phenoxy) is 1. The molecule has 2 saturated heterocycles. The summed E-state index contributed by atoms with van der Waals surface area (Å²) < 4.78 is 17.4. The fraction of sp³-hybridized carbons (Fsp3) is 0.588. The Morgan fingerprint density at radius 2 is 1.92 bits per heavy atom. The lowest BCUT2D eigenvalue weighted by atomic mass is 9.78. The fourth-order valence-corrected chi connectivity index (χ4v) is 2.96. The van der Waals surface area contributed by atoms with Crippen LogP contribution in [-0.2, 0) is 14.0 Å². The number of rotatable bonds is 3. The molecule has 0 bridgehead atoms. The molecule has 1 aromatic rings. The van der Waals surface area contributed by atoms with Crippen LogP contribution in [0.3, 0.4) is 0 Å². The Labute approximate surface area is 148 Å². The summed E-state index contributed by atoms with van der Waals surface area (Å²) in [5.74, 6) is -0.139. The van der Waals surface area contributed by atoms with Gasteiger partial charge in [-0.1, -0.05) is 11.6 Å². The molecule has 0 saturated carbocycles. The molecular weight excluding hydrogens is 328 g/mol. The molecule has 2 aliphatic heterocycles. The van der Waals surface area contributed by atoms with Crippen LogP contribution in [0.1, 0.15) is 44.5 Å². The molecule has 24 heavy (non-hydrogen) atoms. The van der Waals surface area contributed by atoms with E-state index in [-0.39, 0.29) is 11.9 Å². The van der Waals surface area contributed by atoms with Gasteiger partial charge in [-0.25, -0.2) is 0 Å². The van der Waals surface area contributed by atoms with Crippen molar-refractivity contribution in [2.45, 2.75) is 51.4 Å². The Hall–Kier alpha value is -1.08. The van der Waals surface area contributed by atoms with Gasteiger partial charge in [0.15, 0.2) is 0 Å². The summed E-state index contributed by atoms with van der Waals surface area (Å²) in [5.41, 5.74) is 0.294. The number of nitrogens with one attached hydrogen (secondary N) is 1. The zero-order valence-corrected chi connectivity index (χ0v) is 15.3. The molecule has 0 aliphatic carbocycles. The van der Waals surface area contributed by atoms with Gasteiger partial charge in [0.1, 0.15) is 0 Å². The number of halogens is 1. The third-order valence-corrected chi connectivity index (χ3v) is 5.37. The van der Waals surface area contributed by atoms with E-state index in [0.29, 0.717) is 29.3 Å². The molecule has 1 aromatic carbocycles. The highest BCUT2D eigenvalue weighted by Crippen LogP contribution is 2.37. The maximum atomic E-state index is 12.4. The van der Waals surface area contributed by atoms with Gasteiger partial charge in [-0.3, -0.25) is 4.79 Å². The lowest BCUT2D eigenvalue weighted by Gasteiger charge is -2.32. The Balaban J connectivity index is 1.81. The number of amides is 1. The second kappa shape index (κ2) is 6.34. The summed E-state index contributed by atoms with van der Waals surface area (Å²) in [4.78, 5) is 12.4. The van der Waals surface area contributed by atoms with Gasteiger partial charge in [0.2, 0.25) is 0 Å². The molecule has 0 aromatic heterocycles. The van der Waals surface area contributed by atoms with Crippen molar-refractivity contribution in [3.8, 4) is 0 Å². The topological polar surface area (TPSA) is 56.8 Å². The maximum absolute atomic E-state index is 12.4. The standard InChI is InChI=1S/C17H23BClNO4/c1-16(2)17(3,4)24-18(23-16)13-9-11(5-6-14(13)19)15(21)20-12-7-8-22-10-12/h5-6,9,12H,7-8,10H2,1-4H3,(H,20,21). The van der Waals surface area contributed by atoms with Gasteiger partial charge in [-0.15, -0.1) is 0 Å². The van der Waals surface area contributed by atoms with E-state index in [0.717, 1.165) is 6.42 Å². The van der Waals surface area contributed by atoms with Crippen LogP contribution in [0.4, 0.5) is 0 Å². The first-order chi connectivity index (χ1) is 11.2. The SMILES string of the molecule is CC1(C)OB(c2cc(C(=O)NC3CCOC3)ccc2Cl)OC1(C)C. The molecule has 2 fully saturated rings. The molecule has 2 aliphatic rings. The molecule has 7 heteroatoms. The first kappa shape index (κ1) is 17.7. The van der Waals surface area contributed by atoms with Crippen LogP contribution in [0.5, 0.6) is 0 Å². The first-order valence-corrected chi connectivity index (χ1v) is 8.61. The molecule has 2 heterocycles. The van der Waals surface area contributed by atoms with Crippen molar-refractivity contribution in [2.24, 2.45) is 0 Å². The maximum Gasteiger partial charge on any atom is 0.496 e. The Morgan fingerprint density at radius 1 is 1.25 bits per heavy atom. The van der Waals surface area contributed by atoms with Crippen LogP contribution < -0.4 is 10.8 Å². The van der Waals surface area contributed by atoms with E-state index in [1.54, 1.807) is 18.2 Å². The van der Waals surface area contributed by atoms with Gasteiger partial charge in [0.25, 0.3) is 5.91 Å². The molecule has 1 N–H and O–H groups in total. The minimum Gasteiger partial charge on any atom is -0.399 e. The molecule has 0 radical (unpaired) electrons. The van der Waals surface area contributed by atoms with E-state index in [2.05, 4.69) is 5.32 Å². The van der Waals surface area contributed by atoms with Gasteiger partial charge in [-0.05, 0) is 52.3 Å². The van der Waals surface area contributed by atoms with Crippen LogP contribution in [0.25, 0.3) is 0 Å². The third kappa shape index (κ3) is 3.33. The first-order valence-electron chi connectivity index (χ1n) is 8.23. The average molecular weight is 352 g/mol. The van der Waals surface area contributed by atoms with Crippen molar-refractivity contribution in [1.29, 1.82) is 0 Å². The van der Waals surface area contributed by atoms with E-state index < -0.39 is 18.3 Å². The highest BCUT2D eigenvalue weighted by molar-refractivity contribution is 6.65. The number of carbonyl (C=O) groups is 1. The van der Waals surface area contributed by atoms with Crippen LogP contribution in [0.15, 0.2) is 18.2 Å². The molecule has 1 amide bonds. The highest BCUT2D eigenvalue weighted by Gasteiger charge is 2.52. The van der Waals surface area contributed by atoms with Gasteiger partial charge >= 0.3 is 7.12 Å². The van der Waals surface area contributed by atoms with Gasteiger partial charge in [0.05, 0.1) is 23.9 Å². The Morgan fingerprint density at radius 3 is 2.50 bits per heavy atom. The van der Waals surface area contributed by atoms with Crippen LogP contribution in [0, 0.1) is 0 Å². The summed E-state index contributed by atoms with van der Waals surface area (Å²) in [6.07, 6.45) is 0.837. The van der Waals surface area contributed by atoms with Gasteiger partial charge in [0, 0.05) is 22.7 Å². The van der Waals surface area contributed by atoms with Crippen molar-refractivity contribution in [2.75, 3.05) is 13.2 Å². The van der Waals surface area contributed by atoms with E-state index in [1.807, 2.05) is 27.7 Å². The summed E-state index contributed by atoms with van der Waals surface area (Å²) in [7, 11) is -0.593. The lowest BCUT2D eigenvalue weighted by molar-refractivity contribution is 0.00578. The molecule has 0 spiro atoms. The second-order valence-corrected chi connectivity index (χ2v) is 7.77. The quantitative estimate of drug-likeness (QED) is 0.848. The number of hydrogen-bond acceptors (Lipinski definition) is 4. The number of carbonyl (C=O) groups excluding carboxylic acids is 1. The summed E-state index contributed by atoms with van der Waals surface area (Å²) in [6, 6.07) is 5.23. The molecule has 5 nitrogen and oxygen atoms in total. The molecule has 130 valence electrons. The number of benzene rings is 1. The largest absolute Gasteiger partial charge is 0.496 e. The van der Waals surface area contributed by atoms with Crippen molar-refractivity contribution in [3.05, 3.63) is 28.8 Å². The minimum atomic E-state index is -0.593. The van der Waals surface area contributed by atoms with Crippen molar-refractivity contribution < 1.29 is 18.8 Å². The molecule has 3 rings (SSSR count). The highest BCUT2D eigenvalue weighted by atomic mass is 35.5. The van der Waals surface area contributed by atoms with Crippen LogP contribution >= 0.6 is 11.6 Å². The van der Waals surface area contributed by atoms with E-state index in [4.69, 9.17) is 25.6 Å². The van der Waals surface area contributed by atoms with Crippen LogP contribution in [-0.4, -0.2) is 43.5 Å². The van der Waals surface area contributed by atoms with E-state index in [1.165, 1.54) is 0 Å². The normalized spacial score (nSPS) is 25.0. The predicted octanol–water partition coefficient (Wildman–Crippen LogP) is 2.16. The summed E-state index contributed by atoms with van der Waals surface area (Å²) >= 11 is 6.33. The second-order valence-electron chi connectivity index (χ2n) is 7.36. The Kier molecular flexibility index (Phi) is 4.68. The summed E-state index contributed by atoms with van der Waals surface area (Å²) in [6.45, 7) is 9.18. The van der Waals surface area contributed by atoms with Crippen molar-refractivity contribution >= 4 is 30.1 Å². The third-order valence-electron chi connectivity index (χ3n) is 5.03. The van der Waals surface area contributed by atoms with E-state index in [9.17, 15) is 4.79 Å². The zero-order chi connectivity index (χ0) is 17.5. The molecule has 1 atom stereocenters. The predicted molar refractivity (Wildman–Crippen MR) is 93.9 cm³/mol. The fourth-order valence-electron chi connectivity index (χ4n) is 2.75. The smallest absolute Gasteiger partial charge is 0.399 e. The van der Waals surface area contributed by atoms with E-state index >= 15 is 0 Å². The lowest BCUT2D eigenvalue weighted by Crippen LogP contribution is -2.41. The molecule has 1 unspecified atom stereocenters. The minimum absolute atomic E-state index is 0.0634. The zero-order valence-electron chi connectivity index (χ0n) is 14.5. The summed E-state index contributed by atoms with van der Waals surface area (Å²) in [5, 5.41) is 3.50. The Bertz CT molecular complexity index is 627. The van der Waals surface area contributed by atoms with Crippen molar-refractivity contribution in [3.63, 3.8) is 0 Å². The van der Waals surface area contributed by atoms with Gasteiger partial charge in [-0.2, -0.15) is 0 Å². The van der Waals surface area contributed by atoms with Gasteiger partial charge < -0.3 is 19.4 Å².